The molecule has 1 aliphatic carbocycles. The van der Waals surface area contributed by atoms with Gasteiger partial charge in [-0.05, 0) is 30.7 Å². The van der Waals surface area contributed by atoms with Crippen LogP contribution >= 0.6 is 11.8 Å². The molecule has 0 spiro atoms. The summed E-state index contributed by atoms with van der Waals surface area (Å²) in [6.45, 7) is 2.18. The Balaban J connectivity index is 2.06. The van der Waals surface area contributed by atoms with Crippen molar-refractivity contribution in [3.05, 3.63) is 18.3 Å². The SMILES string of the molecule is CCSC1CCCC1Nc1ccc(S(=O)(=O)N(C)C)cn1. The average molecular weight is 329 g/mol. The van der Waals surface area contributed by atoms with E-state index in [0.29, 0.717) is 11.3 Å². The first kappa shape index (κ1) is 16.6. The molecule has 2 unspecified atom stereocenters. The standard InChI is InChI=1S/C14H23N3O2S2/c1-4-20-13-7-5-6-12(13)16-14-9-8-11(10-15-14)21(18,19)17(2)3/h8-10,12-13H,4-7H2,1-3H3,(H,15,16). The van der Waals surface area contributed by atoms with Crippen molar-refractivity contribution >= 4 is 27.6 Å². The lowest BCUT2D eigenvalue weighted by molar-refractivity contribution is 0.520. The van der Waals surface area contributed by atoms with E-state index in [1.54, 1.807) is 12.1 Å². The maximum atomic E-state index is 12.0. The normalized spacial score (nSPS) is 22.7. The molecule has 1 aliphatic rings. The van der Waals surface area contributed by atoms with Crippen molar-refractivity contribution in [2.75, 3.05) is 25.2 Å². The zero-order valence-electron chi connectivity index (χ0n) is 12.7. The lowest BCUT2D eigenvalue weighted by Gasteiger charge is -2.20. The summed E-state index contributed by atoms with van der Waals surface area (Å²) in [5, 5.41) is 4.07. The second-order valence-corrected chi connectivity index (χ2v) is 9.01. The molecule has 0 amide bonds. The first-order valence-corrected chi connectivity index (χ1v) is 9.70. The molecule has 2 atom stereocenters. The van der Waals surface area contributed by atoms with Crippen LogP contribution in [0.1, 0.15) is 26.2 Å². The Hall–Kier alpha value is -0.790. The van der Waals surface area contributed by atoms with Gasteiger partial charge < -0.3 is 5.32 Å². The van der Waals surface area contributed by atoms with E-state index in [4.69, 9.17) is 0 Å². The maximum Gasteiger partial charge on any atom is 0.244 e. The van der Waals surface area contributed by atoms with E-state index in [1.165, 1.54) is 37.4 Å². The van der Waals surface area contributed by atoms with Gasteiger partial charge >= 0.3 is 0 Å². The second-order valence-electron chi connectivity index (χ2n) is 5.34. The van der Waals surface area contributed by atoms with E-state index in [-0.39, 0.29) is 4.90 Å². The van der Waals surface area contributed by atoms with Crippen molar-refractivity contribution in [2.45, 2.75) is 42.4 Å². The third kappa shape index (κ3) is 3.90. The molecule has 1 heterocycles. The highest BCUT2D eigenvalue weighted by Gasteiger charge is 2.27. The zero-order chi connectivity index (χ0) is 15.5. The van der Waals surface area contributed by atoms with Gasteiger partial charge in [-0.1, -0.05) is 13.3 Å². The molecule has 0 aromatic carbocycles. The van der Waals surface area contributed by atoms with Gasteiger partial charge in [-0.2, -0.15) is 11.8 Å². The zero-order valence-corrected chi connectivity index (χ0v) is 14.4. The molecule has 0 bridgehead atoms. The predicted octanol–water partition coefficient (Wildman–Crippen LogP) is 2.42. The molecule has 0 saturated heterocycles. The number of hydrogen-bond acceptors (Lipinski definition) is 5. The van der Waals surface area contributed by atoms with E-state index in [9.17, 15) is 8.42 Å². The van der Waals surface area contributed by atoms with Crippen molar-refractivity contribution in [3.63, 3.8) is 0 Å². The number of hydrogen-bond donors (Lipinski definition) is 1. The molecule has 1 N–H and O–H groups in total. The Morgan fingerprint density at radius 1 is 1.38 bits per heavy atom. The molecule has 1 fully saturated rings. The van der Waals surface area contributed by atoms with E-state index in [0.717, 1.165) is 18.0 Å². The summed E-state index contributed by atoms with van der Waals surface area (Å²) < 4.78 is 25.2. The number of thioether (sulfide) groups is 1. The van der Waals surface area contributed by atoms with Gasteiger partial charge in [-0.3, -0.25) is 0 Å². The van der Waals surface area contributed by atoms with Crippen LogP contribution in [0.4, 0.5) is 5.82 Å². The van der Waals surface area contributed by atoms with Gasteiger partial charge in [0.15, 0.2) is 0 Å². The highest BCUT2D eigenvalue weighted by molar-refractivity contribution is 7.99. The number of pyridine rings is 1. The highest BCUT2D eigenvalue weighted by Crippen LogP contribution is 2.31. The predicted molar refractivity (Wildman–Crippen MR) is 88.3 cm³/mol. The number of aromatic nitrogens is 1. The Morgan fingerprint density at radius 3 is 2.71 bits per heavy atom. The fraction of sp³-hybridized carbons (Fsp3) is 0.643. The summed E-state index contributed by atoms with van der Waals surface area (Å²) in [5.74, 6) is 1.87. The first-order chi connectivity index (χ1) is 9.95. The molecule has 0 radical (unpaired) electrons. The third-order valence-corrected chi connectivity index (χ3v) is 6.81. The van der Waals surface area contributed by atoms with Gasteiger partial charge in [0.2, 0.25) is 10.0 Å². The highest BCUT2D eigenvalue weighted by atomic mass is 32.2. The minimum atomic E-state index is -3.40. The molecule has 0 aliphatic heterocycles. The van der Waals surface area contributed by atoms with Crippen LogP contribution in [0.3, 0.4) is 0 Å². The largest absolute Gasteiger partial charge is 0.366 e. The van der Waals surface area contributed by atoms with E-state index < -0.39 is 10.0 Å². The number of sulfonamides is 1. The van der Waals surface area contributed by atoms with Crippen LogP contribution in [0.15, 0.2) is 23.2 Å². The number of nitrogens with zero attached hydrogens (tertiary/aromatic N) is 2. The Kier molecular flexibility index (Phi) is 5.51. The van der Waals surface area contributed by atoms with Crippen LogP contribution in [-0.4, -0.2) is 48.8 Å². The lowest BCUT2D eigenvalue weighted by atomic mass is 10.2. The van der Waals surface area contributed by atoms with Crippen LogP contribution in [0.25, 0.3) is 0 Å². The van der Waals surface area contributed by atoms with Crippen molar-refractivity contribution < 1.29 is 8.42 Å². The number of anilines is 1. The maximum absolute atomic E-state index is 12.0. The van der Waals surface area contributed by atoms with Gasteiger partial charge in [0.25, 0.3) is 0 Å². The Morgan fingerprint density at radius 2 is 2.14 bits per heavy atom. The van der Waals surface area contributed by atoms with Gasteiger partial charge in [-0.15, -0.1) is 0 Å². The molecule has 21 heavy (non-hydrogen) atoms. The fourth-order valence-electron chi connectivity index (χ4n) is 2.52. The molecular formula is C14H23N3O2S2. The molecule has 2 rings (SSSR count). The smallest absolute Gasteiger partial charge is 0.244 e. The van der Waals surface area contributed by atoms with Gasteiger partial charge in [0, 0.05) is 31.6 Å². The summed E-state index contributed by atoms with van der Waals surface area (Å²) >= 11 is 1.98. The third-order valence-electron chi connectivity index (χ3n) is 3.68. The van der Waals surface area contributed by atoms with Crippen LogP contribution in [-0.2, 0) is 10.0 Å². The molecule has 1 aromatic rings. The van der Waals surface area contributed by atoms with Crippen molar-refractivity contribution in [1.82, 2.24) is 9.29 Å². The average Bonchev–Trinajstić information content (AvgIpc) is 2.87. The van der Waals surface area contributed by atoms with Crippen LogP contribution in [0.5, 0.6) is 0 Å². The summed E-state index contributed by atoms with van der Waals surface area (Å²) in [7, 11) is -0.360. The summed E-state index contributed by atoms with van der Waals surface area (Å²) in [6.07, 6.45) is 5.05. The van der Waals surface area contributed by atoms with Crippen molar-refractivity contribution in [1.29, 1.82) is 0 Å². The summed E-state index contributed by atoms with van der Waals surface area (Å²) in [6, 6.07) is 3.79. The lowest BCUT2D eigenvalue weighted by Crippen LogP contribution is -2.27. The fourth-order valence-corrected chi connectivity index (χ4v) is 4.57. The molecule has 1 saturated carbocycles. The topological polar surface area (TPSA) is 62.3 Å². The second kappa shape index (κ2) is 6.98. The Bertz CT molecular complexity index is 558. The van der Waals surface area contributed by atoms with Crippen molar-refractivity contribution in [3.8, 4) is 0 Å². The van der Waals surface area contributed by atoms with E-state index >= 15 is 0 Å². The molecular weight excluding hydrogens is 306 g/mol. The first-order valence-electron chi connectivity index (χ1n) is 7.22. The minimum absolute atomic E-state index is 0.226. The summed E-state index contributed by atoms with van der Waals surface area (Å²) in [4.78, 5) is 4.49. The van der Waals surface area contributed by atoms with Gasteiger partial charge in [-0.25, -0.2) is 17.7 Å². The van der Waals surface area contributed by atoms with Crippen LogP contribution in [0.2, 0.25) is 0 Å². The van der Waals surface area contributed by atoms with Crippen molar-refractivity contribution in [2.24, 2.45) is 0 Å². The molecule has 5 nitrogen and oxygen atoms in total. The monoisotopic (exact) mass is 329 g/mol. The molecule has 7 heteroatoms. The molecule has 118 valence electrons. The Labute approximate surface area is 131 Å². The minimum Gasteiger partial charge on any atom is -0.366 e. The van der Waals surface area contributed by atoms with Gasteiger partial charge in [0.05, 0.1) is 0 Å². The number of nitrogens with one attached hydrogen (secondary N) is 1. The van der Waals surface area contributed by atoms with Gasteiger partial charge in [0.1, 0.15) is 10.7 Å². The quantitative estimate of drug-likeness (QED) is 0.868. The van der Waals surface area contributed by atoms with E-state index in [1.807, 2.05) is 11.8 Å². The number of rotatable bonds is 6. The van der Waals surface area contributed by atoms with E-state index in [2.05, 4.69) is 17.2 Å². The molecule has 1 aromatic heterocycles. The van der Waals surface area contributed by atoms with Crippen LogP contribution in [0, 0.1) is 0 Å². The van der Waals surface area contributed by atoms with Crippen LogP contribution < -0.4 is 5.32 Å². The summed E-state index contributed by atoms with van der Waals surface area (Å²) in [5.41, 5.74) is 0.